The van der Waals surface area contributed by atoms with Crippen molar-refractivity contribution >= 4 is 51.1 Å². The summed E-state index contributed by atoms with van der Waals surface area (Å²) < 4.78 is 54.2. The number of fused-ring (bicyclic) bond motifs is 2. The number of aryl methyl sites for hydroxylation is 1. The Hall–Kier alpha value is -5.74. The summed E-state index contributed by atoms with van der Waals surface area (Å²) in [5.41, 5.74) is 2.26. The molecule has 10 rings (SSSR count). The first-order chi connectivity index (χ1) is 33.9. The standard InChI is InChI=1S/C54H66F3N9O4/c1-4-39-42(55)11-9-35-25-38(68)27-40(46(35)39)48-47(57)49-41(30-59-48)50(66-17-5-7-34(2)31-66)62-52(61-49)70-33-54(13-14-54)32-63-18-15-53(16-19-63)28-37(29-53)64-20-22-65(23-21-64)45-12-10-36(26-43(45)56)60-44(8-6-24-67)51(69)58-3/h9-12,24-27,30,34,37,44,60,68H,4-8,13-23,28-29,31-33H2,1-3H3,(H,58,69)/t34-,44?/m0/s1. The van der Waals surface area contributed by atoms with Crippen molar-refractivity contribution in [2.45, 2.75) is 96.6 Å². The number of nitrogens with zero attached hydrogens (tertiary/aromatic N) is 7. The van der Waals surface area contributed by atoms with Gasteiger partial charge in [-0.3, -0.25) is 14.7 Å². The van der Waals surface area contributed by atoms with Crippen molar-refractivity contribution in [2.24, 2.45) is 16.7 Å². The molecule has 2 saturated carbocycles. The summed E-state index contributed by atoms with van der Waals surface area (Å²) in [6, 6.07) is 11.1. The van der Waals surface area contributed by atoms with E-state index in [0.29, 0.717) is 81.3 Å². The first kappa shape index (κ1) is 47.9. The molecule has 3 saturated heterocycles. The fourth-order valence-electron chi connectivity index (χ4n) is 12.0. The number of ether oxygens (including phenoxy) is 1. The molecule has 1 spiro atoms. The van der Waals surface area contributed by atoms with Crippen molar-refractivity contribution in [3.8, 4) is 23.0 Å². The summed E-state index contributed by atoms with van der Waals surface area (Å²) in [5.74, 6) is -0.639. The molecule has 372 valence electrons. The third kappa shape index (κ3) is 9.69. The minimum atomic E-state index is -0.659. The Morgan fingerprint density at radius 2 is 1.74 bits per heavy atom. The molecule has 0 radical (unpaired) electrons. The smallest absolute Gasteiger partial charge is 0.319 e. The highest BCUT2D eigenvalue weighted by Crippen LogP contribution is 2.53. The highest BCUT2D eigenvalue weighted by Gasteiger charge is 2.50. The zero-order valence-electron chi connectivity index (χ0n) is 40.7. The minimum absolute atomic E-state index is 0.00810. The Balaban J connectivity index is 0.759. The number of amides is 1. The molecule has 70 heavy (non-hydrogen) atoms. The van der Waals surface area contributed by atoms with Crippen molar-refractivity contribution in [1.29, 1.82) is 0 Å². The number of hydrogen-bond acceptors (Lipinski definition) is 12. The number of benzene rings is 3. The molecule has 2 aliphatic carbocycles. The van der Waals surface area contributed by atoms with Gasteiger partial charge in [-0.1, -0.05) is 19.9 Å². The number of anilines is 3. The SMILES string of the molecule is CCc1c(F)ccc2cc(O)cc(-c3ncc4c(N5CCC[C@H](C)C5)nc(OCC5(CN6CCC7(CC6)CC(N6CCN(c8ccc(NC(CCC=O)C(=O)NC)cc8F)CC6)C7)CC5)nc4c3F)c12. The van der Waals surface area contributed by atoms with Gasteiger partial charge in [-0.2, -0.15) is 9.97 Å². The lowest BCUT2D eigenvalue weighted by atomic mass is 9.60. The zero-order valence-corrected chi connectivity index (χ0v) is 40.7. The second-order valence-electron chi connectivity index (χ2n) is 21.0. The predicted molar refractivity (Wildman–Crippen MR) is 267 cm³/mol. The van der Waals surface area contributed by atoms with E-state index in [1.807, 2.05) is 6.92 Å². The number of piperazine rings is 1. The number of phenolic OH excluding ortho intramolecular Hbond substituents is 1. The van der Waals surface area contributed by atoms with Gasteiger partial charge in [0.25, 0.3) is 0 Å². The molecule has 1 unspecified atom stereocenters. The Kier molecular flexibility index (Phi) is 13.6. The molecule has 5 heterocycles. The minimum Gasteiger partial charge on any atom is -0.508 e. The number of aldehydes is 1. The zero-order chi connectivity index (χ0) is 48.7. The largest absolute Gasteiger partial charge is 0.508 e. The third-order valence-electron chi connectivity index (χ3n) is 16.2. The van der Waals surface area contributed by atoms with E-state index in [4.69, 9.17) is 14.7 Å². The summed E-state index contributed by atoms with van der Waals surface area (Å²) in [7, 11) is 1.54. The van der Waals surface area contributed by atoms with Crippen molar-refractivity contribution in [1.82, 2.24) is 30.1 Å². The lowest BCUT2D eigenvalue weighted by Gasteiger charge is -2.56. The Labute approximate surface area is 408 Å². The normalized spacial score (nSPS) is 20.9. The summed E-state index contributed by atoms with van der Waals surface area (Å²) in [6.45, 7) is 12.4. The van der Waals surface area contributed by atoms with E-state index >= 15 is 13.2 Å². The number of likely N-dealkylation sites (tertiary alicyclic amines) is 1. The molecule has 2 aromatic heterocycles. The van der Waals surface area contributed by atoms with E-state index in [2.05, 4.69) is 42.1 Å². The number of phenols is 1. The molecule has 13 nitrogen and oxygen atoms in total. The molecule has 0 bridgehead atoms. The van der Waals surface area contributed by atoms with Gasteiger partial charge in [-0.25, -0.2) is 13.2 Å². The number of hydrogen-bond donors (Lipinski definition) is 3. The lowest BCUT2D eigenvalue weighted by Crippen LogP contribution is -2.59. The number of carbonyl (C=O) groups excluding carboxylic acids is 2. The van der Waals surface area contributed by atoms with Gasteiger partial charge >= 0.3 is 6.01 Å². The second kappa shape index (κ2) is 19.8. The van der Waals surface area contributed by atoms with E-state index in [1.165, 1.54) is 43.9 Å². The van der Waals surface area contributed by atoms with Gasteiger partial charge in [0.15, 0.2) is 5.82 Å². The van der Waals surface area contributed by atoms with Gasteiger partial charge in [0, 0.05) is 88.2 Å². The fraction of sp³-hybridized carbons (Fsp3) is 0.537. The maximum atomic E-state index is 17.1. The van der Waals surface area contributed by atoms with E-state index in [1.54, 1.807) is 37.5 Å². The molecule has 3 N–H and O–H groups in total. The van der Waals surface area contributed by atoms with Gasteiger partial charge in [0.1, 0.15) is 46.7 Å². The van der Waals surface area contributed by atoms with Gasteiger partial charge in [-0.05, 0) is 141 Å². The van der Waals surface area contributed by atoms with Crippen LogP contribution in [-0.4, -0.2) is 127 Å². The molecular formula is C54H66F3N9O4. The quantitative estimate of drug-likeness (QED) is 0.0818. The molecule has 5 aromatic rings. The number of carbonyl (C=O) groups is 2. The average molecular weight is 962 g/mol. The van der Waals surface area contributed by atoms with Gasteiger partial charge < -0.3 is 40.0 Å². The van der Waals surface area contributed by atoms with Gasteiger partial charge in [-0.15, -0.1) is 0 Å². The van der Waals surface area contributed by atoms with Crippen LogP contribution in [0.25, 0.3) is 32.9 Å². The maximum Gasteiger partial charge on any atom is 0.319 e. The van der Waals surface area contributed by atoms with Crippen LogP contribution in [0.15, 0.2) is 48.7 Å². The summed E-state index contributed by atoms with van der Waals surface area (Å²) in [6.07, 6.45) is 12.3. The van der Waals surface area contributed by atoms with Crippen molar-refractivity contribution in [3.63, 3.8) is 0 Å². The van der Waals surface area contributed by atoms with Crippen LogP contribution in [0.3, 0.4) is 0 Å². The first-order valence-electron chi connectivity index (χ1n) is 25.5. The first-order valence-corrected chi connectivity index (χ1v) is 25.5. The third-order valence-corrected chi connectivity index (χ3v) is 16.2. The van der Waals surface area contributed by atoms with Gasteiger partial charge in [0.2, 0.25) is 5.91 Å². The molecule has 1 amide bonds. The van der Waals surface area contributed by atoms with E-state index < -0.39 is 11.9 Å². The summed E-state index contributed by atoms with van der Waals surface area (Å²) in [4.78, 5) is 47.0. The summed E-state index contributed by atoms with van der Waals surface area (Å²) in [5, 5.41) is 18.0. The molecule has 2 atom stereocenters. The highest BCUT2D eigenvalue weighted by molar-refractivity contribution is 6.01. The Morgan fingerprint density at radius 3 is 2.44 bits per heavy atom. The second-order valence-corrected chi connectivity index (χ2v) is 21.0. The number of aromatic nitrogens is 3. The molecule has 16 heteroatoms. The molecule has 5 aliphatic rings. The number of nitrogens with one attached hydrogen (secondary N) is 2. The average Bonchev–Trinajstić information content (AvgIpc) is 4.13. The maximum absolute atomic E-state index is 17.1. The number of piperidine rings is 2. The number of rotatable bonds is 16. The Bertz CT molecular complexity index is 2750. The van der Waals surface area contributed by atoms with Gasteiger partial charge in [0.05, 0.1) is 17.7 Å². The lowest BCUT2D eigenvalue weighted by molar-refractivity contribution is -0.121. The van der Waals surface area contributed by atoms with Crippen LogP contribution in [0.5, 0.6) is 11.8 Å². The topological polar surface area (TPSA) is 139 Å². The Morgan fingerprint density at radius 1 is 0.957 bits per heavy atom. The molecule has 5 fully saturated rings. The van der Waals surface area contributed by atoms with Crippen LogP contribution < -0.4 is 25.2 Å². The molecule has 3 aliphatic heterocycles. The highest BCUT2D eigenvalue weighted by atomic mass is 19.1. The number of halogens is 3. The van der Waals surface area contributed by atoms with Crippen molar-refractivity contribution < 1.29 is 32.6 Å². The van der Waals surface area contributed by atoms with E-state index in [9.17, 15) is 14.7 Å². The number of aromatic hydroxyl groups is 1. The van der Waals surface area contributed by atoms with Crippen LogP contribution in [0.4, 0.5) is 30.4 Å². The predicted octanol–water partition coefficient (Wildman–Crippen LogP) is 8.50. The van der Waals surface area contributed by atoms with Crippen LogP contribution >= 0.6 is 0 Å². The van der Waals surface area contributed by atoms with E-state index in [0.717, 1.165) is 90.9 Å². The summed E-state index contributed by atoms with van der Waals surface area (Å²) >= 11 is 0. The number of pyridine rings is 1. The van der Waals surface area contributed by atoms with Crippen LogP contribution in [0.1, 0.15) is 83.6 Å². The van der Waals surface area contributed by atoms with Crippen LogP contribution in [0.2, 0.25) is 0 Å². The van der Waals surface area contributed by atoms with Crippen molar-refractivity contribution in [2.75, 3.05) is 87.7 Å². The number of likely N-dealkylation sites (N-methyl/N-ethyl adjacent to an activating group) is 1. The van der Waals surface area contributed by atoms with Crippen LogP contribution in [0, 0.1) is 34.2 Å². The molecule has 3 aromatic carbocycles. The monoisotopic (exact) mass is 962 g/mol. The fourth-order valence-corrected chi connectivity index (χ4v) is 12.0. The van der Waals surface area contributed by atoms with E-state index in [-0.39, 0.29) is 52.3 Å². The molecular weight excluding hydrogens is 896 g/mol. The van der Waals surface area contributed by atoms with Crippen LogP contribution in [-0.2, 0) is 16.0 Å². The van der Waals surface area contributed by atoms with Crippen molar-refractivity contribution in [3.05, 3.63) is 71.7 Å².